The monoisotopic (exact) mass is 356 g/mol. The highest BCUT2D eigenvalue weighted by molar-refractivity contribution is 9.10. The van der Waals surface area contributed by atoms with Crippen LogP contribution < -0.4 is 5.32 Å². The van der Waals surface area contributed by atoms with Gasteiger partial charge in [0.15, 0.2) is 0 Å². The second-order valence-electron chi connectivity index (χ2n) is 5.00. The summed E-state index contributed by atoms with van der Waals surface area (Å²) < 4.78 is 1.05. The Morgan fingerprint density at radius 3 is 2.75 bits per heavy atom. The van der Waals surface area contributed by atoms with Crippen molar-refractivity contribution in [3.05, 3.63) is 28.7 Å². The van der Waals surface area contributed by atoms with Crippen LogP contribution in [0, 0.1) is 0 Å². The molecule has 1 fully saturated rings. The third-order valence-electron chi connectivity index (χ3n) is 3.60. The van der Waals surface area contributed by atoms with Crippen LogP contribution in [-0.4, -0.2) is 42.2 Å². The summed E-state index contributed by atoms with van der Waals surface area (Å²) in [6.07, 6.45) is 2.14. The predicted octanol–water partition coefficient (Wildman–Crippen LogP) is 3.14. The number of halogens is 1. The Morgan fingerprint density at radius 1 is 1.40 bits per heavy atom. The molecule has 1 heterocycles. The molecule has 1 aliphatic rings. The van der Waals surface area contributed by atoms with Gasteiger partial charge in [-0.15, -0.1) is 11.8 Å². The number of amides is 1. The average Bonchev–Trinajstić information content (AvgIpc) is 2.47. The van der Waals surface area contributed by atoms with Gasteiger partial charge in [0.05, 0.1) is 5.75 Å². The molecule has 0 aromatic heterocycles. The SMILES string of the molecule is CCN1CCC(NC(=O)CSc2ccccc2Br)CC1. The van der Waals surface area contributed by atoms with Crippen LogP contribution in [0.15, 0.2) is 33.6 Å². The largest absolute Gasteiger partial charge is 0.353 e. The van der Waals surface area contributed by atoms with E-state index < -0.39 is 0 Å². The lowest BCUT2D eigenvalue weighted by Crippen LogP contribution is -2.45. The van der Waals surface area contributed by atoms with Gasteiger partial charge >= 0.3 is 0 Å². The van der Waals surface area contributed by atoms with Gasteiger partial charge in [-0.3, -0.25) is 4.79 Å². The van der Waals surface area contributed by atoms with E-state index in [2.05, 4.69) is 33.1 Å². The number of rotatable bonds is 5. The summed E-state index contributed by atoms with van der Waals surface area (Å²) in [7, 11) is 0. The van der Waals surface area contributed by atoms with Gasteiger partial charge in [-0.1, -0.05) is 19.1 Å². The van der Waals surface area contributed by atoms with Gasteiger partial charge in [-0.25, -0.2) is 0 Å². The van der Waals surface area contributed by atoms with Crippen molar-refractivity contribution >= 4 is 33.6 Å². The second kappa shape index (κ2) is 8.05. The number of hydrogen-bond donors (Lipinski definition) is 1. The predicted molar refractivity (Wildman–Crippen MR) is 88.1 cm³/mol. The van der Waals surface area contributed by atoms with Crippen LogP contribution in [0.1, 0.15) is 19.8 Å². The maximum absolute atomic E-state index is 12.0. The van der Waals surface area contributed by atoms with Crippen LogP contribution in [0.5, 0.6) is 0 Å². The van der Waals surface area contributed by atoms with Gasteiger partial charge in [-0.05, 0) is 47.4 Å². The van der Waals surface area contributed by atoms with Gasteiger partial charge in [-0.2, -0.15) is 0 Å². The zero-order valence-corrected chi connectivity index (χ0v) is 14.2. The van der Waals surface area contributed by atoms with Gasteiger partial charge in [0.25, 0.3) is 0 Å². The zero-order chi connectivity index (χ0) is 14.4. The zero-order valence-electron chi connectivity index (χ0n) is 11.8. The minimum absolute atomic E-state index is 0.140. The van der Waals surface area contributed by atoms with Crippen molar-refractivity contribution in [3.63, 3.8) is 0 Å². The van der Waals surface area contributed by atoms with Gasteiger partial charge in [0.1, 0.15) is 0 Å². The Labute approximate surface area is 133 Å². The highest BCUT2D eigenvalue weighted by Gasteiger charge is 2.19. The number of thioether (sulfide) groups is 1. The molecule has 20 heavy (non-hydrogen) atoms. The fourth-order valence-corrected chi connectivity index (χ4v) is 3.75. The quantitative estimate of drug-likeness (QED) is 0.822. The molecule has 0 unspecified atom stereocenters. The smallest absolute Gasteiger partial charge is 0.230 e. The topological polar surface area (TPSA) is 32.3 Å². The summed E-state index contributed by atoms with van der Waals surface area (Å²) in [6.45, 7) is 5.49. The summed E-state index contributed by atoms with van der Waals surface area (Å²) in [5, 5.41) is 3.15. The van der Waals surface area contributed by atoms with E-state index in [4.69, 9.17) is 0 Å². The molecule has 0 radical (unpaired) electrons. The van der Waals surface area contributed by atoms with Crippen LogP contribution in [-0.2, 0) is 4.79 Å². The summed E-state index contributed by atoms with van der Waals surface area (Å²) in [5.41, 5.74) is 0. The van der Waals surface area contributed by atoms with Crippen LogP contribution >= 0.6 is 27.7 Å². The highest BCUT2D eigenvalue weighted by Crippen LogP contribution is 2.26. The number of benzene rings is 1. The minimum Gasteiger partial charge on any atom is -0.353 e. The number of hydrogen-bond acceptors (Lipinski definition) is 3. The Hall–Kier alpha value is -0.520. The number of piperidine rings is 1. The number of nitrogens with one attached hydrogen (secondary N) is 1. The van der Waals surface area contributed by atoms with Crippen LogP contribution in [0.2, 0.25) is 0 Å². The Balaban J connectivity index is 1.72. The lowest BCUT2D eigenvalue weighted by atomic mass is 10.1. The molecule has 1 saturated heterocycles. The molecule has 110 valence electrons. The summed E-state index contributed by atoms with van der Waals surface area (Å²) in [6, 6.07) is 8.36. The molecule has 1 N–H and O–H groups in total. The summed E-state index contributed by atoms with van der Waals surface area (Å²) in [4.78, 5) is 15.5. The Kier molecular flexibility index (Phi) is 6.39. The number of carbonyl (C=O) groups is 1. The van der Waals surface area contributed by atoms with E-state index in [0.29, 0.717) is 11.8 Å². The van der Waals surface area contributed by atoms with E-state index in [1.54, 1.807) is 11.8 Å². The molecule has 1 aromatic carbocycles. The van der Waals surface area contributed by atoms with Gasteiger partial charge in [0, 0.05) is 28.5 Å². The van der Waals surface area contributed by atoms with Gasteiger partial charge < -0.3 is 10.2 Å². The first-order valence-electron chi connectivity index (χ1n) is 7.08. The molecule has 0 saturated carbocycles. The van der Waals surface area contributed by atoms with E-state index in [1.165, 1.54) is 0 Å². The van der Waals surface area contributed by atoms with Crippen molar-refractivity contribution in [2.45, 2.75) is 30.7 Å². The van der Waals surface area contributed by atoms with Crippen LogP contribution in [0.25, 0.3) is 0 Å². The fraction of sp³-hybridized carbons (Fsp3) is 0.533. The molecule has 2 rings (SSSR count). The van der Waals surface area contributed by atoms with E-state index >= 15 is 0 Å². The normalized spacial score (nSPS) is 17.1. The van der Waals surface area contributed by atoms with E-state index in [9.17, 15) is 4.79 Å². The van der Waals surface area contributed by atoms with Crippen LogP contribution in [0.3, 0.4) is 0 Å². The van der Waals surface area contributed by atoms with Crippen molar-refractivity contribution in [2.24, 2.45) is 0 Å². The number of nitrogens with zero attached hydrogens (tertiary/aromatic N) is 1. The van der Waals surface area contributed by atoms with Crippen molar-refractivity contribution in [1.29, 1.82) is 0 Å². The first-order valence-corrected chi connectivity index (χ1v) is 8.86. The molecule has 5 heteroatoms. The van der Waals surface area contributed by atoms with Crippen LogP contribution in [0.4, 0.5) is 0 Å². The maximum atomic E-state index is 12.0. The van der Waals surface area contributed by atoms with Crippen molar-refractivity contribution in [2.75, 3.05) is 25.4 Å². The number of likely N-dealkylation sites (tertiary alicyclic amines) is 1. The molecule has 0 spiro atoms. The fourth-order valence-electron chi connectivity index (χ4n) is 2.37. The lowest BCUT2D eigenvalue weighted by molar-refractivity contribution is -0.119. The summed E-state index contributed by atoms with van der Waals surface area (Å²) in [5.74, 6) is 0.622. The van der Waals surface area contributed by atoms with Crippen molar-refractivity contribution < 1.29 is 4.79 Å². The molecule has 3 nitrogen and oxygen atoms in total. The third-order valence-corrected chi connectivity index (χ3v) is 5.62. The number of carbonyl (C=O) groups excluding carboxylic acids is 1. The molecule has 0 bridgehead atoms. The molecule has 0 atom stereocenters. The molecular formula is C15H21BrN2OS. The third kappa shape index (κ3) is 4.79. The standard InChI is InChI=1S/C15H21BrN2OS/c1-2-18-9-7-12(8-10-18)17-15(19)11-20-14-6-4-3-5-13(14)16/h3-6,12H,2,7-11H2,1H3,(H,17,19). The van der Waals surface area contributed by atoms with Crippen molar-refractivity contribution in [3.8, 4) is 0 Å². The average molecular weight is 357 g/mol. The molecule has 1 aliphatic heterocycles. The highest BCUT2D eigenvalue weighted by atomic mass is 79.9. The molecule has 0 aliphatic carbocycles. The lowest BCUT2D eigenvalue weighted by Gasteiger charge is -2.31. The van der Waals surface area contributed by atoms with Gasteiger partial charge in [0.2, 0.25) is 5.91 Å². The molecule has 1 amide bonds. The molecule has 1 aromatic rings. The van der Waals surface area contributed by atoms with E-state index in [-0.39, 0.29) is 5.91 Å². The Bertz CT molecular complexity index is 447. The molecular weight excluding hydrogens is 336 g/mol. The minimum atomic E-state index is 0.140. The van der Waals surface area contributed by atoms with E-state index in [1.807, 2.05) is 24.3 Å². The maximum Gasteiger partial charge on any atom is 0.230 e. The van der Waals surface area contributed by atoms with Crippen molar-refractivity contribution in [1.82, 2.24) is 10.2 Å². The Morgan fingerprint density at radius 2 is 2.10 bits per heavy atom. The first kappa shape index (κ1) is 15.9. The van der Waals surface area contributed by atoms with E-state index in [0.717, 1.165) is 41.8 Å². The first-order chi connectivity index (χ1) is 9.69. The second-order valence-corrected chi connectivity index (χ2v) is 6.87. The summed E-state index contributed by atoms with van der Waals surface area (Å²) >= 11 is 5.08.